The number of nitrogens with one attached hydrogen (secondary N) is 1. The quantitative estimate of drug-likeness (QED) is 0.594. The smallest absolute Gasteiger partial charge is 0.355 e. The maximum Gasteiger partial charge on any atom is 0.355 e. The van der Waals surface area contributed by atoms with Gasteiger partial charge in [0.25, 0.3) is 5.91 Å². The fraction of sp³-hybridized carbons (Fsp3) is 0.375. The van der Waals surface area contributed by atoms with Gasteiger partial charge < -0.3 is 14.2 Å². The average molecular weight is 347 g/mol. The fourth-order valence-corrected chi connectivity index (χ4v) is 2.87. The van der Waals surface area contributed by atoms with Crippen molar-refractivity contribution in [2.75, 3.05) is 25.7 Å². The Kier molecular flexibility index (Phi) is 4.30. The molecule has 0 radical (unpaired) electrons. The van der Waals surface area contributed by atoms with E-state index < -0.39 is 29.7 Å². The average Bonchev–Trinajstić information content (AvgIpc) is 3.15. The SMILES string of the molecule is CCOC(=O)C1=NN[C@H]2C(=O)N(c3cc(OC)ccc3OC)C(=O)[C@@H]12. The van der Waals surface area contributed by atoms with Gasteiger partial charge in [-0.2, -0.15) is 5.10 Å². The molecule has 0 aromatic heterocycles. The molecule has 1 saturated heterocycles. The van der Waals surface area contributed by atoms with E-state index in [1.807, 2.05) is 0 Å². The molecule has 2 atom stereocenters. The number of hydrogen-bond donors (Lipinski definition) is 1. The van der Waals surface area contributed by atoms with Gasteiger partial charge in [0.1, 0.15) is 23.5 Å². The maximum absolute atomic E-state index is 12.9. The molecule has 9 heteroatoms. The first-order valence-electron chi connectivity index (χ1n) is 7.63. The lowest BCUT2D eigenvalue weighted by atomic mass is 9.99. The number of imide groups is 1. The van der Waals surface area contributed by atoms with Crippen molar-refractivity contribution >= 4 is 29.2 Å². The number of hydrogen-bond acceptors (Lipinski definition) is 8. The monoisotopic (exact) mass is 347 g/mol. The number of nitrogens with zero attached hydrogens (tertiary/aromatic N) is 2. The zero-order chi connectivity index (χ0) is 18.1. The number of anilines is 1. The first-order chi connectivity index (χ1) is 12.0. The van der Waals surface area contributed by atoms with Crippen LogP contribution in [0.15, 0.2) is 23.3 Å². The van der Waals surface area contributed by atoms with Crippen LogP contribution in [-0.4, -0.2) is 50.4 Å². The van der Waals surface area contributed by atoms with Gasteiger partial charge in [-0.15, -0.1) is 0 Å². The molecule has 9 nitrogen and oxygen atoms in total. The van der Waals surface area contributed by atoms with Crippen molar-refractivity contribution in [2.45, 2.75) is 13.0 Å². The van der Waals surface area contributed by atoms with Crippen LogP contribution in [-0.2, 0) is 19.1 Å². The van der Waals surface area contributed by atoms with Crippen LogP contribution in [0.4, 0.5) is 5.69 Å². The van der Waals surface area contributed by atoms with Crippen molar-refractivity contribution in [3.05, 3.63) is 18.2 Å². The Morgan fingerprint density at radius 1 is 1.24 bits per heavy atom. The highest BCUT2D eigenvalue weighted by molar-refractivity contribution is 6.46. The van der Waals surface area contributed by atoms with Gasteiger partial charge in [-0.25, -0.2) is 9.69 Å². The minimum Gasteiger partial charge on any atom is -0.497 e. The Labute approximate surface area is 143 Å². The summed E-state index contributed by atoms with van der Waals surface area (Å²) in [6.45, 7) is 1.79. The lowest BCUT2D eigenvalue weighted by molar-refractivity contribution is -0.136. The summed E-state index contributed by atoms with van der Waals surface area (Å²) in [5.41, 5.74) is 2.70. The summed E-state index contributed by atoms with van der Waals surface area (Å²) in [7, 11) is 2.90. The molecule has 1 N–H and O–H groups in total. The van der Waals surface area contributed by atoms with Crippen LogP contribution < -0.4 is 19.8 Å². The van der Waals surface area contributed by atoms with Gasteiger partial charge >= 0.3 is 5.97 Å². The van der Waals surface area contributed by atoms with E-state index in [2.05, 4.69) is 10.5 Å². The Morgan fingerprint density at radius 2 is 2.00 bits per heavy atom. The van der Waals surface area contributed by atoms with Gasteiger partial charge in [-0.1, -0.05) is 0 Å². The second-order valence-electron chi connectivity index (χ2n) is 5.35. The van der Waals surface area contributed by atoms with Crippen LogP contribution in [0.1, 0.15) is 6.92 Å². The molecule has 132 valence electrons. The minimum atomic E-state index is -1.03. The molecule has 0 unspecified atom stereocenters. The van der Waals surface area contributed by atoms with Crippen molar-refractivity contribution in [1.82, 2.24) is 5.43 Å². The first kappa shape index (κ1) is 16.7. The van der Waals surface area contributed by atoms with Gasteiger partial charge in [-0.05, 0) is 19.1 Å². The molecular weight excluding hydrogens is 330 g/mol. The number of ether oxygens (including phenoxy) is 3. The van der Waals surface area contributed by atoms with Gasteiger partial charge in [-0.3, -0.25) is 15.0 Å². The zero-order valence-corrected chi connectivity index (χ0v) is 13.9. The number of hydrazone groups is 1. The zero-order valence-electron chi connectivity index (χ0n) is 13.9. The summed E-state index contributed by atoms with van der Waals surface area (Å²) >= 11 is 0. The molecule has 0 spiro atoms. The van der Waals surface area contributed by atoms with Crippen LogP contribution >= 0.6 is 0 Å². The lowest BCUT2D eigenvalue weighted by Crippen LogP contribution is -2.36. The molecular formula is C16H17N3O6. The third-order valence-electron chi connectivity index (χ3n) is 4.04. The van der Waals surface area contributed by atoms with Crippen LogP contribution in [0, 0.1) is 5.92 Å². The predicted molar refractivity (Wildman–Crippen MR) is 86.5 cm³/mol. The molecule has 1 aromatic rings. The lowest BCUT2D eigenvalue weighted by Gasteiger charge is -2.19. The Bertz CT molecular complexity index is 775. The highest BCUT2D eigenvalue weighted by Gasteiger charge is 2.56. The molecule has 2 heterocycles. The van der Waals surface area contributed by atoms with Crippen molar-refractivity contribution in [3.8, 4) is 11.5 Å². The van der Waals surface area contributed by atoms with Crippen LogP contribution in [0.25, 0.3) is 0 Å². The topological polar surface area (TPSA) is 107 Å². The van der Waals surface area contributed by atoms with E-state index in [1.165, 1.54) is 20.3 Å². The number of rotatable bonds is 5. The number of carbonyl (C=O) groups excluding carboxylic acids is 3. The third kappa shape index (κ3) is 2.57. The van der Waals surface area contributed by atoms with Crippen LogP contribution in [0.2, 0.25) is 0 Å². The van der Waals surface area contributed by atoms with E-state index in [1.54, 1.807) is 19.1 Å². The molecule has 3 rings (SSSR count). The summed E-state index contributed by atoms with van der Waals surface area (Å²) in [4.78, 5) is 38.5. The number of carbonyl (C=O) groups is 3. The summed E-state index contributed by atoms with van der Waals surface area (Å²) in [5.74, 6) is -2.05. The maximum atomic E-state index is 12.9. The van der Waals surface area contributed by atoms with Crippen molar-refractivity contribution in [3.63, 3.8) is 0 Å². The molecule has 0 saturated carbocycles. The fourth-order valence-electron chi connectivity index (χ4n) is 2.87. The highest BCUT2D eigenvalue weighted by Crippen LogP contribution is 2.38. The molecule has 2 aliphatic heterocycles. The molecule has 0 bridgehead atoms. The Morgan fingerprint density at radius 3 is 2.64 bits per heavy atom. The minimum absolute atomic E-state index is 0.102. The van der Waals surface area contributed by atoms with E-state index >= 15 is 0 Å². The summed E-state index contributed by atoms with van der Waals surface area (Å²) < 4.78 is 15.3. The second-order valence-corrected chi connectivity index (χ2v) is 5.35. The number of esters is 1. The summed E-state index contributed by atoms with van der Waals surface area (Å²) in [6.07, 6.45) is 0. The normalized spacial score (nSPS) is 21.6. The Hall–Kier alpha value is -3.10. The molecule has 25 heavy (non-hydrogen) atoms. The number of methoxy groups -OCH3 is 2. The molecule has 2 aliphatic rings. The summed E-state index contributed by atoms with van der Waals surface area (Å²) in [5, 5.41) is 3.81. The second kappa shape index (κ2) is 6.42. The van der Waals surface area contributed by atoms with Crippen molar-refractivity contribution in [1.29, 1.82) is 0 Å². The first-order valence-corrected chi connectivity index (χ1v) is 7.63. The molecule has 1 fully saturated rings. The van der Waals surface area contributed by atoms with E-state index in [0.29, 0.717) is 11.5 Å². The van der Waals surface area contributed by atoms with E-state index in [0.717, 1.165) is 4.90 Å². The predicted octanol–water partition coefficient (Wildman–Crippen LogP) is 0.0841. The van der Waals surface area contributed by atoms with Crippen molar-refractivity contribution in [2.24, 2.45) is 11.0 Å². The number of benzene rings is 1. The van der Waals surface area contributed by atoms with E-state index in [-0.39, 0.29) is 18.0 Å². The van der Waals surface area contributed by atoms with Gasteiger partial charge in [0, 0.05) is 6.07 Å². The standard InChI is InChI=1S/C16H17N3O6/c1-4-25-16(22)13-11-12(17-18-13)15(21)19(14(11)20)9-7-8(23-2)5-6-10(9)24-3/h5-7,11-12,17H,4H2,1-3H3/t11-,12-/m1/s1. The van der Waals surface area contributed by atoms with E-state index in [9.17, 15) is 14.4 Å². The third-order valence-corrected chi connectivity index (χ3v) is 4.04. The van der Waals surface area contributed by atoms with Crippen LogP contribution in [0.5, 0.6) is 11.5 Å². The molecule has 0 aliphatic carbocycles. The van der Waals surface area contributed by atoms with Gasteiger partial charge in [0.05, 0.1) is 26.5 Å². The molecule has 1 aromatic carbocycles. The van der Waals surface area contributed by atoms with Gasteiger partial charge in [0.15, 0.2) is 5.71 Å². The molecule has 2 amide bonds. The van der Waals surface area contributed by atoms with Gasteiger partial charge in [0.2, 0.25) is 5.91 Å². The number of fused-ring (bicyclic) bond motifs is 1. The summed E-state index contributed by atoms with van der Waals surface area (Å²) in [6, 6.07) is 3.83. The van der Waals surface area contributed by atoms with E-state index in [4.69, 9.17) is 14.2 Å². The highest BCUT2D eigenvalue weighted by atomic mass is 16.5. The van der Waals surface area contributed by atoms with Crippen LogP contribution in [0.3, 0.4) is 0 Å². The largest absolute Gasteiger partial charge is 0.497 e. The number of amides is 2. The Balaban J connectivity index is 1.99. The van der Waals surface area contributed by atoms with Crippen molar-refractivity contribution < 1.29 is 28.6 Å².